The Bertz CT molecular complexity index is 625. The first-order valence-electron chi connectivity index (χ1n) is 8.79. The minimum atomic E-state index is -0.540. The van der Waals surface area contributed by atoms with Crippen LogP contribution in [0.1, 0.15) is 43.4 Å². The minimum Gasteiger partial charge on any atom is -0.487 e. The molecule has 4 heteroatoms. The highest BCUT2D eigenvalue weighted by molar-refractivity contribution is 5.33. The average Bonchev–Trinajstić information content (AvgIpc) is 2.62. The van der Waals surface area contributed by atoms with E-state index in [2.05, 4.69) is 16.4 Å². The predicted molar refractivity (Wildman–Crippen MR) is 94.8 cm³/mol. The molecule has 1 aliphatic rings. The van der Waals surface area contributed by atoms with Crippen molar-refractivity contribution in [1.29, 1.82) is 0 Å². The van der Waals surface area contributed by atoms with E-state index >= 15 is 0 Å². The second kappa shape index (κ2) is 8.27. The molecule has 0 amide bonds. The Hall–Kier alpha value is -1.91. The summed E-state index contributed by atoms with van der Waals surface area (Å²) in [6.07, 6.45) is 7.07. The van der Waals surface area contributed by atoms with Gasteiger partial charge in [0.1, 0.15) is 12.4 Å². The van der Waals surface area contributed by atoms with E-state index in [1.165, 1.54) is 6.42 Å². The maximum atomic E-state index is 10.6. The summed E-state index contributed by atoms with van der Waals surface area (Å²) in [4.78, 5) is 4.28. The lowest BCUT2D eigenvalue weighted by molar-refractivity contribution is 0.00463. The monoisotopic (exact) mass is 326 g/mol. The summed E-state index contributed by atoms with van der Waals surface area (Å²) in [6, 6.07) is 13.9. The Morgan fingerprint density at radius 3 is 2.62 bits per heavy atom. The molecule has 1 fully saturated rings. The number of para-hydroxylation sites is 1. The van der Waals surface area contributed by atoms with Crippen LogP contribution < -0.4 is 10.1 Å². The quantitative estimate of drug-likeness (QED) is 0.818. The van der Waals surface area contributed by atoms with Crippen LogP contribution in [0.2, 0.25) is 0 Å². The van der Waals surface area contributed by atoms with E-state index in [1.807, 2.05) is 36.4 Å². The Balaban J connectivity index is 1.54. The molecule has 2 aromatic rings. The van der Waals surface area contributed by atoms with E-state index in [4.69, 9.17) is 4.74 Å². The fraction of sp³-hybridized carbons (Fsp3) is 0.450. The van der Waals surface area contributed by atoms with Gasteiger partial charge >= 0.3 is 0 Å². The smallest absolute Gasteiger partial charge is 0.130 e. The number of benzene rings is 1. The van der Waals surface area contributed by atoms with E-state index in [1.54, 1.807) is 6.20 Å². The molecule has 1 aromatic carbocycles. The molecule has 0 atom stereocenters. The topological polar surface area (TPSA) is 54.4 Å². The lowest BCUT2D eigenvalue weighted by Gasteiger charge is -2.32. The van der Waals surface area contributed by atoms with Crippen LogP contribution in [0.3, 0.4) is 0 Å². The molecule has 1 saturated carbocycles. The maximum absolute atomic E-state index is 10.6. The van der Waals surface area contributed by atoms with Crippen LogP contribution in [-0.2, 0) is 13.2 Å². The lowest BCUT2D eigenvalue weighted by Crippen LogP contribution is -2.41. The molecule has 4 nitrogen and oxygen atoms in total. The van der Waals surface area contributed by atoms with Gasteiger partial charge in [0.2, 0.25) is 0 Å². The van der Waals surface area contributed by atoms with E-state index in [0.717, 1.165) is 42.7 Å². The highest BCUT2D eigenvalue weighted by atomic mass is 16.5. The molecular formula is C20H26N2O2. The van der Waals surface area contributed by atoms with Crippen LogP contribution in [0.5, 0.6) is 5.75 Å². The van der Waals surface area contributed by atoms with Crippen molar-refractivity contribution < 1.29 is 9.84 Å². The largest absolute Gasteiger partial charge is 0.487 e. The normalized spacial score (nSPS) is 16.7. The van der Waals surface area contributed by atoms with Gasteiger partial charge in [-0.3, -0.25) is 4.98 Å². The molecule has 24 heavy (non-hydrogen) atoms. The van der Waals surface area contributed by atoms with Gasteiger partial charge in [0.05, 0.1) is 11.3 Å². The fourth-order valence-electron chi connectivity index (χ4n) is 3.24. The van der Waals surface area contributed by atoms with Crippen molar-refractivity contribution in [3.8, 4) is 5.75 Å². The molecule has 0 radical (unpaired) electrons. The van der Waals surface area contributed by atoms with Crippen molar-refractivity contribution in [2.75, 3.05) is 6.54 Å². The summed E-state index contributed by atoms with van der Waals surface area (Å²) in [5.41, 5.74) is 1.48. The van der Waals surface area contributed by atoms with Gasteiger partial charge in [-0.05, 0) is 31.0 Å². The van der Waals surface area contributed by atoms with Gasteiger partial charge in [-0.2, -0.15) is 0 Å². The van der Waals surface area contributed by atoms with E-state index in [9.17, 15) is 5.11 Å². The summed E-state index contributed by atoms with van der Waals surface area (Å²) in [5, 5.41) is 14.0. The maximum Gasteiger partial charge on any atom is 0.130 e. The van der Waals surface area contributed by atoms with Crippen molar-refractivity contribution in [2.45, 2.75) is 50.9 Å². The third-order valence-electron chi connectivity index (χ3n) is 4.63. The molecule has 0 saturated heterocycles. The number of rotatable bonds is 7. The van der Waals surface area contributed by atoms with Gasteiger partial charge in [0.25, 0.3) is 0 Å². The van der Waals surface area contributed by atoms with Gasteiger partial charge in [0, 0.05) is 24.8 Å². The summed E-state index contributed by atoms with van der Waals surface area (Å²) in [5.74, 6) is 0.867. The van der Waals surface area contributed by atoms with Gasteiger partial charge in [-0.25, -0.2) is 0 Å². The van der Waals surface area contributed by atoms with Gasteiger partial charge in [-0.1, -0.05) is 43.5 Å². The lowest BCUT2D eigenvalue weighted by atomic mass is 9.85. The minimum absolute atomic E-state index is 0.460. The molecule has 1 aromatic heterocycles. The van der Waals surface area contributed by atoms with Crippen LogP contribution >= 0.6 is 0 Å². The molecule has 128 valence electrons. The fourth-order valence-corrected chi connectivity index (χ4v) is 3.24. The zero-order valence-electron chi connectivity index (χ0n) is 14.1. The first-order chi connectivity index (χ1) is 11.8. The van der Waals surface area contributed by atoms with E-state index in [0.29, 0.717) is 19.7 Å². The highest BCUT2D eigenvalue weighted by Gasteiger charge is 2.28. The second-order valence-electron chi connectivity index (χ2n) is 6.61. The Morgan fingerprint density at radius 2 is 1.83 bits per heavy atom. The van der Waals surface area contributed by atoms with Crippen LogP contribution in [0.15, 0.2) is 48.7 Å². The Labute approximate surface area is 143 Å². The molecule has 3 rings (SSSR count). The number of nitrogens with zero attached hydrogens (tertiary/aromatic N) is 1. The van der Waals surface area contributed by atoms with Crippen LogP contribution in [0.4, 0.5) is 0 Å². The zero-order chi connectivity index (χ0) is 16.7. The first-order valence-corrected chi connectivity index (χ1v) is 8.79. The van der Waals surface area contributed by atoms with Crippen LogP contribution in [0.25, 0.3) is 0 Å². The standard InChI is InChI=1S/C20H26N2O2/c23-20(11-5-1-6-12-20)16-21-14-17-8-2-3-10-19(17)24-15-18-9-4-7-13-22-18/h2-4,7-10,13,21,23H,1,5-6,11-12,14-16H2. The molecule has 2 N–H and O–H groups in total. The van der Waals surface area contributed by atoms with Gasteiger partial charge in [0.15, 0.2) is 0 Å². The molecule has 0 aliphatic heterocycles. The van der Waals surface area contributed by atoms with E-state index < -0.39 is 5.60 Å². The molecule has 1 aliphatic carbocycles. The number of aromatic nitrogens is 1. The van der Waals surface area contributed by atoms with Crippen molar-refractivity contribution in [1.82, 2.24) is 10.3 Å². The van der Waals surface area contributed by atoms with Crippen LogP contribution in [-0.4, -0.2) is 22.2 Å². The first kappa shape index (κ1) is 16.9. The average molecular weight is 326 g/mol. The molecule has 0 spiro atoms. The number of nitrogens with one attached hydrogen (secondary N) is 1. The van der Waals surface area contributed by atoms with E-state index in [-0.39, 0.29) is 0 Å². The summed E-state index contributed by atoms with van der Waals surface area (Å²) in [7, 11) is 0. The van der Waals surface area contributed by atoms with Crippen LogP contribution in [0, 0.1) is 0 Å². The number of hydrogen-bond donors (Lipinski definition) is 2. The molecular weight excluding hydrogens is 300 g/mol. The Morgan fingerprint density at radius 1 is 1.04 bits per heavy atom. The van der Waals surface area contributed by atoms with Crippen molar-refractivity contribution in [3.05, 3.63) is 59.9 Å². The molecule has 0 unspecified atom stereocenters. The van der Waals surface area contributed by atoms with Gasteiger partial charge < -0.3 is 15.2 Å². The Kier molecular flexibility index (Phi) is 5.83. The number of hydrogen-bond acceptors (Lipinski definition) is 4. The zero-order valence-corrected chi connectivity index (χ0v) is 14.1. The van der Waals surface area contributed by atoms with Crippen molar-refractivity contribution in [3.63, 3.8) is 0 Å². The molecule has 1 heterocycles. The number of pyridine rings is 1. The SMILES string of the molecule is OC1(CNCc2ccccc2OCc2ccccn2)CCCCC1. The summed E-state index contributed by atoms with van der Waals surface area (Å²) in [6.45, 7) is 1.80. The third-order valence-corrected chi connectivity index (χ3v) is 4.63. The van der Waals surface area contributed by atoms with Crippen molar-refractivity contribution >= 4 is 0 Å². The number of aliphatic hydroxyl groups is 1. The van der Waals surface area contributed by atoms with Gasteiger partial charge in [-0.15, -0.1) is 0 Å². The number of ether oxygens (including phenoxy) is 1. The third kappa shape index (κ3) is 4.79. The summed E-state index contributed by atoms with van der Waals surface area (Å²) < 4.78 is 5.93. The van der Waals surface area contributed by atoms with Crippen molar-refractivity contribution in [2.24, 2.45) is 0 Å². The molecule has 0 bridgehead atoms. The second-order valence-corrected chi connectivity index (χ2v) is 6.61. The summed E-state index contributed by atoms with van der Waals surface area (Å²) >= 11 is 0. The predicted octanol–water partition coefficient (Wildman–Crippen LogP) is 3.45. The highest BCUT2D eigenvalue weighted by Crippen LogP contribution is 2.27.